The lowest BCUT2D eigenvalue weighted by molar-refractivity contribution is 0.0986. The number of anilines is 3. The number of aliphatic hydroxyl groups is 1. The fourth-order valence-electron chi connectivity index (χ4n) is 7.97. The largest absolute Gasteiger partial charge is 0.493 e. The number of nitrogens with one attached hydrogen (secondary N) is 1. The molecule has 5 aromatic rings. The third kappa shape index (κ3) is 6.01. The van der Waals surface area contributed by atoms with Crippen molar-refractivity contribution in [2.75, 3.05) is 35.9 Å². The molecule has 10 nitrogen and oxygen atoms in total. The Morgan fingerprint density at radius 1 is 0.811 bits per heavy atom. The van der Waals surface area contributed by atoms with E-state index < -0.39 is 6.23 Å². The standard InChI is InChI=1S/C42H37IN4O6/c1-50-37-16-31-33(44-20-29-14-26-7-3-5-9-35(26)46(29)41(31)48)18-39(37)52-22-24-11-25(13-28(43)12-24)23-53-40-19-34-32(17-38(40)51-2)42(49)47-30(21-45-34)15-27-8-4-6-10-36(27)47/h3-13,16-20,29-30,42,45,49H,14-15,21-23H2,1-2H3/t29-,30-,42?/m0/s1. The van der Waals surface area contributed by atoms with Crippen LogP contribution < -0.4 is 34.1 Å². The average Bonchev–Trinajstić information content (AvgIpc) is 3.67. The third-order valence-corrected chi connectivity index (χ3v) is 11.1. The highest BCUT2D eigenvalue weighted by Crippen LogP contribution is 2.45. The molecule has 53 heavy (non-hydrogen) atoms. The number of hydrogen-bond donors (Lipinski definition) is 2. The van der Waals surface area contributed by atoms with Crippen LogP contribution in [0, 0.1) is 3.57 Å². The van der Waals surface area contributed by atoms with Crippen molar-refractivity contribution in [3.63, 3.8) is 0 Å². The Morgan fingerprint density at radius 2 is 1.47 bits per heavy atom. The monoisotopic (exact) mass is 820 g/mol. The molecule has 0 aliphatic carbocycles. The number of fused-ring (bicyclic) bond motifs is 8. The van der Waals surface area contributed by atoms with Crippen molar-refractivity contribution in [2.24, 2.45) is 4.99 Å². The van der Waals surface area contributed by atoms with Crippen LogP contribution in [0.5, 0.6) is 23.0 Å². The first-order chi connectivity index (χ1) is 25.9. The van der Waals surface area contributed by atoms with E-state index in [1.807, 2.05) is 53.6 Å². The molecule has 5 aromatic carbocycles. The van der Waals surface area contributed by atoms with Crippen molar-refractivity contribution in [1.29, 1.82) is 0 Å². The number of aliphatic hydroxyl groups excluding tert-OH is 1. The maximum Gasteiger partial charge on any atom is 0.261 e. The van der Waals surface area contributed by atoms with E-state index >= 15 is 0 Å². The molecule has 3 atom stereocenters. The van der Waals surface area contributed by atoms with Gasteiger partial charge in [-0.25, -0.2) is 0 Å². The summed E-state index contributed by atoms with van der Waals surface area (Å²) in [6.45, 7) is 1.25. The van der Waals surface area contributed by atoms with Gasteiger partial charge in [-0.1, -0.05) is 36.4 Å². The van der Waals surface area contributed by atoms with Crippen molar-refractivity contribution < 1.29 is 28.8 Å². The first kappa shape index (κ1) is 33.6. The van der Waals surface area contributed by atoms with Crippen LogP contribution in [0.2, 0.25) is 0 Å². The number of ether oxygens (including phenoxy) is 4. The summed E-state index contributed by atoms with van der Waals surface area (Å²) in [5, 5.41) is 15.2. The molecule has 0 bridgehead atoms. The van der Waals surface area contributed by atoms with E-state index in [9.17, 15) is 9.90 Å². The molecule has 4 aliphatic rings. The molecule has 0 saturated heterocycles. The number of nitrogens with zero attached hydrogens (tertiary/aromatic N) is 3. The molecule has 0 aromatic heterocycles. The zero-order chi connectivity index (χ0) is 36.2. The Kier molecular flexibility index (Phi) is 8.62. The maximum absolute atomic E-state index is 13.8. The molecule has 1 unspecified atom stereocenters. The smallest absolute Gasteiger partial charge is 0.261 e. The van der Waals surface area contributed by atoms with Crippen LogP contribution in [0.4, 0.5) is 22.7 Å². The number of carbonyl (C=O) groups is 1. The summed E-state index contributed by atoms with van der Waals surface area (Å²) in [6.07, 6.45) is 2.63. The topological polar surface area (TPSA) is 105 Å². The SMILES string of the molecule is COc1cc2c(cc1OCc1cc(I)cc(COc3cc4c(cc3OC)C(O)N3c5ccccc5C[C@H]3CN4)c1)N=C[C@@H]1Cc3ccccc3N1C2=O. The van der Waals surface area contributed by atoms with Crippen molar-refractivity contribution >= 4 is 57.5 Å². The van der Waals surface area contributed by atoms with Gasteiger partial charge in [0.05, 0.1) is 37.6 Å². The second kappa shape index (κ2) is 13.6. The van der Waals surface area contributed by atoms with Gasteiger partial charge in [0.25, 0.3) is 5.91 Å². The second-order valence-corrected chi connectivity index (χ2v) is 14.9. The molecule has 4 aliphatic heterocycles. The molecule has 0 saturated carbocycles. The van der Waals surface area contributed by atoms with Gasteiger partial charge in [0, 0.05) is 57.5 Å². The number of benzene rings is 5. The van der Waals surface area contributed by atoms with Gasteiger partial charge >= 0.3 is 0 Å². The summed E-state index contributed by atoms with van der Waals surface area (Å²) >= 11 is 2.30. The molecule has 11 heteroatoms. The van der Waals surface area contributed by atoms with Gasteiger partial charge in [-0.3, -0.25) is 14.7 Å². The van der Waals surface area contributed by atoms with Gasteiger partial charge in [-0.15, -0.1) is 0 Å². The fraction of sp³-hybridized carbons (Fsp3) is 0.238. The summed E-state index contributed by atoms with van der Waals surface area (Å²) in [4.78, 5) is 22.5. The van der Waals surface area contributed by atoms with Crippen molar-refractivity contribution in [3.8, 4) is 23.0 Å². The molecule has 2 N–H and O–H groups in total. The summed E-state index contributed by atoms with van der Waals surface area (Å²) in [6, 6.07) is 29.7. The van der Waals surface area contributed by atoms with Crippen LogP contribution in [0.1, 0.15) is 44.4 Å². The lowest BCUT2D eigenvalue weighted by Crippen LogP contribution is -2.37. The maximum atomic E-state index is 13.8. The van der Waals surface area contributed by atoms with E-state index in [2.05, 4.69) is 69.2 Å². The van der Waals surface area contributed by atoms with Crippen LogP contribution in [0.15, 0.2) is 96.0 Å². The Labute approximate surface area is 321 Å². The van der Waals surface area contributed by atoms with E-state index in [-0.39, 0.29) is 24.6 Å². The number of para-hydroxylation sites is 2. The molecule has 0 spiro atoms. The molecular weight excluding hydrogens is 783 g/mol. The minimum Gasteiger partial charge on any atom is -0.493 e. The number of rotatable bonds is 8. The van der Waals surface area contributed by atoms with Gasteiger partial charge in [-0.05, 0) is 93.7 Å². The Balaban J connectivity index is 0.918. The average molecular weight is 821 g/mol. The van der Waals surface area contributed by atoms with Gasteiger partial charge in [0.2, 0.25) is 0 Å². The zero-order valence-corrected chi connectivity index (χ0v) is 31.4. The summed E-state index contributed by atoms with van der Waals surface area (Å²) in [7, 11) is 3.18. The van der Waals surface area contributed by atoms with Crippen molar-refractivity contribution in [3.05, 3.63) is 128 Å². The highest BCUT2D eigenvalue weighted by molar-refractivity contribution is 14.1. The molecule has 0 radical (unpaired) electrons. The van der Waals surface area contributed by atoms with E-state index in [1.165, 1.54) is 5.56 Å². The number of carbonyl (C=O) groups excluding carboxylic acids is 1. The lowest BCUT2D eigenvalue weighted by atomic mass is 10.1. The Hall–Kier alpha value is -5.27. The Morgan fingerprint density at radius 3 is 2.21 bits per heavy atom. The number of halogens is 1. The zero-order valence-electron chi connectivity index (χ0n) is 29.2. The summed E-state index contributed by atoms with van der Waals surface area (Å²) in [5.74, 6) is 1.99. The predicted molar refractivity (Wildman–Crippen MR) is 213 cm³/mol. The van der Waals surface area contributed by atoms with E-state index in [0.29, 0.717) is 47.4 Å². The quantitative estimate of drug-likeness (QED) is 0.154. The molecule has 9 rings (SSSR count). The van der Waals surface area contributed by atoms with Crippen molar-refractivity contribution in [2.45, 2.75) is 44.4 Å². The number of aliphatic imine (C=N–C) groups is 1. The van der Waals surface area contributed by atoms with Crippen LogP contribution in [0.3, 0.4) is 0 Å². The lowest BCUT2D eigenvalue weighted by Gasteiger charge is -2.30. The van der Waals surface area contributed by atoms with Gasteiger partial charge in [-0.2, -0.15) is 0 Å². The molecular formula is C42H37IN4O6. The number of amides is 1. The van der Waals surface area contributed by atoms with Crippen LogP contribution in [-0.2, 0) is 26.1 Å². The second-order valence-electron chi connectivity index (χ2n) is 13.7. The van der Waals surface area contributed by atoms with Crippen LogP contribution >= 0.6 is 22.6 Å². The summed E-state index contributed by atoms with van der Waals surface area (Å²) in [5.41, 5.74) is 8.86. The predicted octanol–water partition coefficient (Wildman–Crippen LogP) is 7.60. The van der Waals surface area contributed by atoms with E-state index in [4.69, 9.17) is 23.9 Å². The van der Waals surface area contributed by atoms with Gasteiger partial charge in [0.1, 0.15) is 13.2 Å². The fourth-order valence-corrected chi connectivity index (χ4v) is 8.77. The van der Waals surface area contributed by atoms with Crippen LogP contribution in [-0.4, -0.2) is 50.1 Å². The van der Waals surface area contributed by atoms with Crippen LogP contribution in [0.25, 0.3) is 0 Å². The van der Waals surface area contributed by atoms with Crippen molar-refractivity contribution in [1.82, 2.24) is 0 Å². The van der Waals surface area contributed by atoms with Gasteiger partial charge < -0.3 is 34.3 Å². The minimum atomic E-state index is -0.824. The Bertz CT molecular complexity index is 2290. The van der Waals surface area contributed by atoms with Gasteiger partial charge in [0.15, 0.2) is 29.2 Å². The first-order valence-electron chi connectivity index (χ1n) is 17.6. The van der Waals surface area contributed by atoms with E-state index in [0.717, 1.165) is 55.7 Å². The molecule has 1 amide bonds. The first-order valence-corrected chi connectivity index (χ1v) is 18.7. The third-order valence-electron chi connectivity index (χ3n) is 10.5. The van der Waals surface area contributed by atoms with E-state index in [1.54, 1.807) is 26.4 Å². The molecule has 0 fully saturated rings. The highest BCUT2D eigenvalue weighted by atomic mass is 127. The minimum absolute atomic E-state index is 0.108. The molecule has 4 heterocycles. The molecule has 268 valence electrons. The normalized spacial score (nSPS) is 19.1. The highest BCUT2D eigenvalue weighted by Gasteiger charge is 2.38. The number of hydrogen-bond acceptors (Lipinski definition) is 9. The number of methoxy groups -OCH3 is 2. The summed E-state index contributed by atoms with van der Waals surface area (Å²) < 4.78 is 25.2.